The molecule has 0 atom stereocenters. The van der Waals surface area contributed by atoms with Crippen molar-refractivity contribution >= 4 is 23.5 Å². The maximum Gasteiger partial charge on any atom is 0.0908 e. The minimum Gasteiger partial charge on any atom is -0.241 e. The fourth-order valence-electron chi connectivity index (χ4n) is 0.883. The number of rotatable bonds is 0. The predicted molar refractivity (Wildman–Crippen MR) is 61.9 cm³/mol. The van der Waals surface area contributed by atoms with Crippen LogP contribution in [0, 0.1) is 18.8 Å². The van der Waals surface area contributed by atoms with E-state index in [2.05, 4.69) is 28.3 Å². The molecular formula is C12H11NS. The molecule has 0 aromatic carbocycles. The topological polar surface area (TPSA) is 12.9 Å². The minimum absolute atomic E-state index is 1.03. The van der Waals surface area contributed by atoms with Crippen molar-refractivity contribution in [2.45, 2.75) is 20.8 Å². The molecule has 2 heteroatoms. The van der Waals surface area contributed by atoms with Gasteiger partial charge in [-0.05, 0) is 20.8 Å². The summed E-state index contributed by atoms with van der Waals surface area (Å²) in [6, 6.07) is 0. The summed E-state index contributed by atoms with van der Waals surface area (Å²) in [6.07, 6.45) is 3.78. The smallest absolute Gasteiger partial charge is 0.0908 e. The van der Waals surface area contributed by atoms with E-state index in [1.165, 1.54) is 4.88 Å². The second-order valence-corrected chi connectivity index (χ2v) is 3.79. The van der Waals surface area contributed by atoms with Gasteiger partial charge in [-0.25, -0.2) is 4.98 Å². The van der Waals surface area contributed by atoms with Crippen molar-refractivity contribution in [3.63, 3.8) is 0 Å². The van der Waals surface area contributed by atoms with E-state index in [9.17, 15) is 0 Å². The van der Waals surface area contributed by atoms with Crippen molar-refractivity contribution in [2.75, 3.05) is 0 Å². The lowest BCUT2D eigenvalue weighted by molar-refractivity contribution is 1.27. The Morgan fingerprint density at radius 1 is 1.21 bits per heavy atom. The quantitative estimate of drug-likeness (QED) is 0.471. The molecule has 2 rings (SSSR count). The average molecular weight is 201 g/mol. The molecule has 1 aromatic rings. The molecule has 0 radical (unpaired) electrons. The third kappa shape index (κ3) is 2.76. The predicted octanol–water partition coefficient (Wildman–Crippen LogP) is 3.28. The Bertz CT molecular complexity index is 431. The van der Waals surface area contributed by atoms with Gasteiger partial charge in [0.25, 0.3) is 0 Å². The molecule has 0 saturated heterocycles. The summed E-state index contributed by atoms with van der Waals surface area (Å²) < 4.78 is 0. The lowest BCUT2D eigenvalue weighted by Crippen LogP contribution is -1.75. The molecule has 0 saturated carbocycles. The number of hydrogen-bond acceptors (Lipinski definition) is 2. The molecule has 1 aliphatic rings. The molecule has 0 fully saturated rings. The summed E-state index contributed by atoms with van der Waals surface area (Å²) in [7, 11) is 0. The Morgan fingerprint density at radius 2 is 1.86 bits per heavy atom. The first-order chi connectivity index (χ1) is 6.77. The zero-order valence-corrected chi connectivity index (χ0v) is 9.33. The highest BCUT2D eigenvalue weighted by Crippen LogP contribution is 2.21. The van der Waals surface area contributed by atoms with Gasteiger partial charge in [-0.15, -0.1) is 23.2 Å². The van der Waals surface area contributed by atoms with Crippen LogP contribution in [0.3, 0.4) is 0 Å². The molecule has 1 aliphatic carbocycles. The van der Waals surface area contributed by atoms with Gasteiger partial charge in [0.2, 0.25) is 0 Å². The van der Waals surface area contributed by atoms with Gasteiger partial charge in [0.15, 0.2) is 0 Å². The van der Waals surface area contributed by atoms with Gasteiger partial charge in [-0.1, -0.05) is 11.5 Å². The molecule has 0 bridgehead atoms. The van der Waals surface area contributed by atoms with Crippen LogP contribution in [0.2, 0.25) is 0 Å². The van der Waals surface area contributed by atoms with Crippen molar-refractivity contribution < 1.29 is 0 Å². The number of nitrogens with zero attached hydrogens (tertiary/aromatic N) is 1. The number of aryl methyl sites for hydroxylation is 1. The van der Waals surface area contributed by atoms with Crippen LogP contribution in [-0.2, 0) is 0 Å². The van der Waals surface area contributed by atoms with Crippen LogP contribution in [0.1, 0.15) is 29.4 Å². The van der Waals surface area contributed by atoms with Crippen LogP contribution in [0.4, 0.5) is 0 Å². The van der Waals surface area contributed by atoms with Crippen molar-refractivity contribution in [3.8, 4) is 11.8 Å². The minimum atomic E-state index is 1.03. The Morgan fingerprint density at radius 3 is 2.43 bits per heavy atom. The summed E-state index contributed by atoms with van der Waals surface area (Å²) in [5, 5.41) is 1.10. The molecular weight excluding hydrogens is 190 g/mol. The number of aromatic nitrogens is 1. The number of thiazole rings is 1. The first-order valence-electron chi connectivity index (χ1n) is 4.26. The standard InChI is InChI=1S/C8H5NS.C4H6/c1-6-9-7-4-2-3-5-8(7)10-6;1-3-4-2/h4-5H,1H3;1-2H3. The highest BCUT2D eigenvalue weighted by molar-refractivity contribution is 7.12. The highest BCUT2D eigenvalue weighted by Gasteiger charge is 2.03. The van der Waals surface area contributed by atoms with E-state index in [1.807, 2.05) is 32.9 Å². The maximum atomic E-state index is 4.28. The van der Waals surface area contributed by atoms with Crippen LogP contribution in [0.15, 0.2) is 11.5 Å². The average Bonchev–Trinajstić information content (AvgIpc) is 2.58. The van der Waals surface area contributed by atoms with E-state index in [4.69, 9.17) is 0 Å². The largest absolute Gasteiger partial charge is 0.241 e. The second-order valence-electron chi connectivity index (χ2n) is 2.56. The highest BCUT2D eigenvalue weighted by atomic mass is 32.1. The number of hydrogen-bond donors (Lipinski definition) is 0. The molecule has 0 amide bonds. The summed E-state index contributed by atoms with van der Waals surface area (Å²) in [5.74, 6) is 5.36. The Hall–Kier alpha value is -1.51. The lowest BCUT2D eigenvalue weighted by Gasteiger charge is -1.85. The number of fused-ring (bicyclic) bond motifs is 1. The Balaban J connectivity index is 0.000000213. The first kappa shape index (κ1) is 10.6. The summed E-state index contributed by atoms with van der Waals surface area (Å²) >= 11 is 1.69. The fourth-order valence-corrected chi connectivity index (χ4v) is 1.67. The Kier molecular flexibility index (Phi) is 3.98. The Labute approximate surface area is 88.5 Å². The molecule has 1 nitrogen and oxygen atoms in total. The van der Waals surface area contributed by atoms with Gasteiger partial charge in [0.05, 0.1) is 15.6 Å². The summed E-state index contributed by atoms with van der Waals surface area (Å²) in [4.78, 5) is 5.47. The lowest BCUT2D eigenvalue weighted by atomic mass is 10.3. The molecule has 0 N–H and O–H groups in total. The summed E-state index contributed by atoms with van der Waals surface area (Å²) in [5.41, 5.74) is 6.79. The molecule has 0 spiro atoms. The van der Waals surface area contributed by atoms with Gasteiger partial charge < -0.3 is 0 Å². The second kappa shape index (κ2) is 5.27. The molecule has 1 heterocycles. The van der Waals surface area contributed by atoms with E-state index in [-0.39, 0.29) is 0 Å². The van der Waals surface area contributed by atoms with Crippen LogP contribution < -0.4 is 0 Å². The van der Waals surface area contributed by atoms with Gasteiger partial charge in [0, 0.05) is 12.2 Å². The monoisotopic (exact) mass is 201 g/mol. The zero-order valence-electron chi connectivity index (χ0n) is 8.51. The third-order valence-electron chi connectivity index (χ3n) is 1.53. The van der Waals surface area contributed by atoms with E-state index in [0.717, 1.165) is 10.7 Å². The summed E-state index contributed by atoms with van der Waals surface area (Å²) in [6.45, 7) is 5.64. The van der Waals surface area contributed by atoms with E-state index in [1.54, 1.807) is 11.3 Å². The van der Waals surface area contributed by atoms with Crippen LogP contribution >= 0.6 is 11.3 Å². The van der Waals surface area contributed by atoms with E-state index < -0.39 is 0 Å². The fraction of sp³-hybridized carbons (Fsp3) is 0.250. The molecule has 0 unspecified atom stereocenters. The van der Waals surface area contributed by atoms with Crippen molar-refractivity contribution in [1.29, 1.82) is 0 Å². The molecule has 0 aliphatic heterocycles. The van der Waals surface area contributed by atoms with E-state index >= 15 is 0 Å². The maximum absolute atomic E-state index is 4.28. The van der Waals surface area contributed by atoms with Crippen LogP contribution in [0.5, 0.6) is 0 Å². The van der Waals surface area contributed by atoms with Crippen LogP contribution in [0.25, 0.3) is 12.2 Å². The van der Waals surface area contributed by atoms with Crippen molar-refractivity contribution in [1.82, 2.24) is 4.98 Å². The van der Waals surface area contributed by atoms with Gasteiger partial charge >= 0.3 is 0 Å². The first-order valence-corrected chi connectivity index (χ1v) is 5.08. The van der Waals surface area contributed by atoms with Gasteiger partial charge in [0.1, 0.15) is 0 Å². The molecule has 14 heavy (non-hydrogen) atoms. The van der Waals surface area contributed by atoms with E-state index in [0.29, 0.717) is 0 Å². The normalized spacial score (nSPS) is 9.64. The molecule has 1 aromatic heterocycles. The third-order valence-corrected chi connectivity index (χ3v) is 2.47. The van der Waals surface area contributed by atoms with Crippen molar-refractivity contribution in [3.05, 3.63) is 27.0 Å². The SMILES string of the molecule is CC#CC.Cc1nc2c(s1)C=C=C=C2. The molecule has 70 valence electrons. The van der Waals surface area contributed by atoms with Crippen LogP contribution in [-0.4, -0.2) is 4.98 Å². The zero-order chi connectivity index (χ0) is 10.4. The van der Waals surface area contributed by atoms with Gasteiger partial charge in [-0.3, -0.25) is 0 Å². The van der Waals surface area contributed by atoms with Gasteiger partial charge in [-0.2, -0.15) is 0 Å². The van der Waals surface area contributed by atoms with Crippen molar-refractivity contribution in [2.24, 2.45) is 0 Å².